The maximum absolute atomic E-state index is 13.9. The van der Waals surface area contributed by atoms with E-state index in [0.29, 0.717) is 29.0 Å². The molecule has 0 saturated heterocycles. The Morgan fingerprint density at radius 3 is 2.44 bits per heavy atom. The average molecular weight is 495 g/mol. The van der Waals surface area contributed by atoms with Crippen LogP contribution in [0.25, 0.3) is 28.1 Å². The fourth-order valence-electron chi connectivity index (χ4n) is 4.08. The van der Waals surface area contributed by atoms with Crippen LogP contribution in [0.5, 0.6) is 0 Å². The highest BCUT2D eigenvalue weighted by Crippen LogP contribution is 2.29. The van der Waals surface area contributed by atoms with Gasteiger partial charge in [-0.2, -0.15) is 5.26 Å². The van der Waals surface area contributed by atoms with Gasteiger partial charge in [0.25, 0.3) is 5.56 Å². The van der Waals surface area contributed by atoms with Crippen molar-refractivity contribution in [3.05, 3.63) is 100 Å². The molecule has 0 bridgehead atoms. The Balaban J connectivity index is 1.97. The van der Waals surface area contributed by atoms with Crippen molar-refractivity contribution in [3.8, 4) is 34.1 Å². The van der Waals surface area contributed by atoms with E-state index in [4.69, 9.17) is 9.41 Å². The van der Waals surface area contributed by atoms with Crippen LogP contribution >= 0.6 is 0 Å². The minimum absolute atomic E-state index is 0.196. The van der Waals surface area contributed by atoms with Crippen molar-refractivity contribution in [1.82, 2.24) is 14.5 Å². The minimum Gasteiger partial charge on any atom is -0.415 e. The van der Waals surface area contributed by atoms with Crippen molar-refractivity contribution in [1.29, 1.82) is 5.26 Å². The number of hydrogen-bond acceptors (Lipinski definition) is 5. The molecule has 182 valence electrons. The Morgan fingerprint density at radius 2 is 1.78 bits per heavy atom. The summed E-state index contributed by atoms with van der Waals surface area (Å²) >= 11 is 0. The molecule has 0 amide bonds. The molecule has 0 unspecified atom stereocenters. The van der Waals surface area contributed by atoms with Crippen LogP contribution < -0.4 is 5.56 Å². The number of nitriles is 1. The summed E-state index contributed by atoms with van der Waals surface area (Å²) in [6.07, 6.45) is 5.24. The van der Waals surface area contributed by atoms with E-state index in [0.717, 1.165) is 22.5 Å². The van der Waals surface area contributed by atoms with E-state index in [1.54, 1.807) is 41.4 Å². The molecular weight excluding hydrogens is 464 g/mol. The molecule has 0 aliphatic carbocycles. The van der Waals surface area contributed by atoms with Crippen LogP contribution in [0.1, 0.15) is 37.6 Å². The summed E-state index contributed by atoms with van der Waals surface area (Å²) in [7, 11) is -1.21. The Hall–Kier alpha value is -3.86. The number of nitrogens with zero attached hydrogens (tertiary/aromatic N) is 4. The van der Waals surface area contributed by atoms with Gasteiger partial charge in [-0.1, -0.05) is 45.0 Å². The Labute approximate surface area is 213 Å². The second-order valence-corrected chi connectivity index (χ2v) is 12.4. The molecule has 6 nitrogen and oxygen atoms in total. The third kappa shape index (κ3) is 5.35. The van der Waals surface area contributed by atoms with Crippen molar-refractivity contribution in [2.75, 3.05) is 0 Å². The van der Waals surface area contributed by atoms with Crippen LogP contribution in [-0.2, 0) is 16.4 Å². The van der Waals surface area contributed by atoms with Gasteiger partial charge >= 0.3 is 0 Å². The molecule has 0 spiro atoms. The normalized spacial score (nSPS) is 11.5. The largest absolute Gasteiger partial charge is 0.415 e. The lowest BCUT2D eigenvalue weighted by molar-refractivity contribution is 0.305. The second kappa shape index (κ2) is 10.4. The summed E-state index contributed by atoms with van der Waals surface area (Å²) < 4.78 is 7.59. The van der Waals surface area contributed by atoms with Crippen molar-refractivity contribution in [3.63, 3.8) is 0 Å². The molecule has 3 aromatic heterocycles. The van der Waals surface area contributed by atoms with Crippen molar-refractivity contribution < 1.29 is 4.43 Å². The third-order valence-corrected chi connectivity index (χ3v) is 6.74. The lowest BCUT2D eigenvalue weighted by Gasteiger charge is -2.24. The highest BCUT2D eigenvalue weighted by Gasteiger charge is 2.22. The van der Waals surface area contributed by atoms with Gasteiger partial charge in [0, 0.05) is 29.1 Å². The molecule has 0 saturated carbocycles. The molecular formula is C29H30N4O2Si. The van der Waals surface area contributed by atoms with E-state index in [9.17, 15) is 10.1 Å². The zero-order valence-corrected chi connectivity index (χ0v) is 22.5. The van der Waals surface area contributed by atoms with Crippen molar-refractivity contribution >= 4 is 9.04 Å². The molecule has 0 fully saturated rings. The lowest BCUT2D eigenvalue weighted by Crippen LogP contribution is -2.23. The SMILES string of the molecule is C[SiH](C)OCc1ncc(-n2cc(-c3ccccn3)cc(-c3ccccc3C#N)c2=O)cc1C(C)(C)C. The number of aromatic nitrogens is 3. The van der Waals surface area contributed by atoms with E-state index < -0.39 is 9.04 Å². The summed E-state index contributed by atoms with van der Waals surface area (Å²) in [5.41, 5.74) is 5.13. The number of benzene rings is 1. The Kier molecular flexibility index (Phi) is 7.29. The third-order valence-electron chi connectivity index (χ3n) is 5.91. The Bertz CT molecular complexity index is 1480. The van der Waals surface area contributed by atoms with E-state index in [-0.39, 0.29) is 11.0 Å². The first-order valence-corrected chi connectivity index (χ1v) is 14.8. The molecule has 0 aliphatic heterocycles. The van der Waals surface area contributed by atoms with Crippen molar-refractivity contribution in [2.45, 2.75) is 45.9 Å². The first-order chi connectivity index (χ1) is 17.2. The average Bonchev–Trinajstić information content (AvgIpc) is 2.87. The first-order valence-electron chi connectivity index (χ1n) is 12.0. The minimum atomic E-state index is -1.21. The van der Waals surface area contributed by atoms with Crippen LogP contribution in [0.3, 0.4) is 0 Å². The second-order valence-electron chi connectivity index (χ2n) is 9.99. The monoisotopic (exact) mass is 494 g/mol. The summed E-state index contributed by atoms with van der Waals surface area (Å²) in [6, 6.07) is 18.9. The molecule has 7 heteroatoms. The van der Waals surface area contributed by atoms with Gasteiger partial charge in [-0.3, -0.25) is 19.3 Å². The van der Waals surface area contributed by atoms with Crippen LogP contribution in [-0.4, -0.2) is 23.6 Å². The topological polar surface area (TPSA) is 80.8 Å². The Morgan fingerprint density at radius 1 is 1.03 bits per heavy atom. The van der Waals surface area contributed by atoms with Crippen LogP contribution in [0, 0.1) is 11.3 Å². The molecule has 1 aromatic carbocycles. The van der Waals surface area contributed by atoms with E-state index >= 15 is 0 Å². The summed E-state index contributed by atoms with van der Waals surface area (Å²) in [4.78, 5) is 23.1. The first kappa shape index (κ1) is 25.2. The van der Waals surface area contributed by atoms with E-state index in [2.05, 4.69) is 44.9 Å². The zero-order chi connectivity index (χ0) is 25.9. The van der Waals surface area contributed by atoms with Crippen LogP contribution in [0.15, 0.2) is 78.0 Å². The fraction of sp³-hybridized carbons (Fsp3) is 0.241. The molecule has 3 heterocycles. The molecule has 4 rings (SSSR count). The summed E-state index contributed by atoms with van der Waals surface area (Å²) in [5, 5.41) is 9.70. The van der Waals surface area contributed by atoms with Gasteiger partial charge in [0.15, 0.2) is 9.04 Å². The molecule has 0 radical (unpaired) electrons. The highest BCUT2D eigenvalue weighted by atomic mass is 28.3. The van der Waals surface area contributed by atoms with Gasteiger partial charge < -0.3 is 4.43 Å². The number of pyridine rings is 3. The quantitative estimate of drug-likeness (QED) is 0.325. The maximum Gasteiger partial charge on any atom is 0.263 e. The maximum atomic E-state index is 13.9. The van der Waals surface area contributed by atoms with Gasteiger partial charge in [-0.25, -0.2) is 0 Å². The summed E-state index contributed by atoms with van der Waals surface area (Å²) in [6.45, 7) is 11.1. The number of rotatable bonds is 6. The van der Waals surface area contributed by atoms with Crippen molar-refractivity contribution in [2.24, 2.45) is 0 Å². The van der Waals surface area contributed by atoms with Crippen LogP contribution in [0.2, 0.25) is 13.1 Å². The lowest BCUT2D eigenvalue weighted by atomic mass is 9.85. The predicted octanol–water partition coefficient (Wildman–Crippen LogP) is 5.63. The van der Waals surface area contributed by atoms with Gasteiger partial charge in [-0.15, -0.1) is 0 Å². The molecule has 36 heavy (non-hydrogen) atoms. The summed E-state index contributed by atoms with van der Waals surface area (Å²) in [5.74, 6) is 0. The predicted molar refractivity (Wildman–Crippen MR) is 146 cm³/mol. The standard InChI is InChI=1S/C29H30N4O2Si/c1-29(2,3)25-15-22(17-32-27(25)19-35-36(4)5)33-18-21(26-12-8-9-13-31-26)14-24(28(33)34)23-11-7-6-10-20(23)16-30/h6-15,17-18,36H,19H2,1-5H3. The van der Waals surface area contributed by atoms with Gasteiger partial charge in [0.2, 0.25) is 0 Å². The molecule has 0 atom stereocenters. The fourth-order valence-corrected chi connectivity index (χ4v) is 4.57. The zero-order valence-electron chi connectivity index (χ0n) is 21.3. The smallest absolute Gasteiger partial charge is 0.263 e. The van der Waals surface area contributed by atoms with Gasteiger partial charge in [0.1, 0.15) is 0 Å². The van der Waals surface area contributed by atoms with Crippen LogP contribution in [0.4, 0.5) is 0 Å². The van der Waals surface area contributed by atoms with E-state index in [1.807, 2.05) is 36.4 Å². The van der Waals surface area contributed by atoms with Gasteiger partial charge in [-0.05, 0) is 54.4 Å². The molecule has 0 aliphatic rings. The van der Waals surface area contributed by atoms with Gasteiger partial charge in [0.05, 0.1) is 41.5 Å². The highest BCUT2D eigenvalue weighted by molar-refractivity contribution is 6.48. The molecule has 0 N–H and O–H groups in total. The number of hydrogen-bond donors (Lipinski definition) is 0. The molecule has 4 aromatic rings. The van der Waals surface area contributed by atoms with E-state index in [1.165, 1.54) is 0 Å².